The van der Waals surface area contributed by atoms with E-state index in [1.165, 1.54) is 6.33 Å². The highest BCUT2D eigenvalue weighted by Crippen LogP contribution is 2.36. The van der Waals surface area contributed by atoms with Crippen molar-refractivity contribution in [3.63, 3.8) is 0 Å². The Kier molecular flexibility index (Phi) is 5.70. The van der Waals surface area contributed by atoms with Gasteiger partial charge in [-0.2, -0.15) is 5.10 Å². The molecular formula is C24H28N8O. The van der Waals surface area contributed by atoms with E-state index >= 15 is 0 Å². The van der Waals surface area contributed by atoms with E-state index in [9.17, 15) is 5.11 Å². The van der Waals surface area contributed by atoms with E-state index in [1.807, 2.05) is 12.3 Å². The van der Waals surface area contributed by atoms with E-state index in [-0.39, 0.29) is 12.5 Å². The van der Waals surface area contributed by atoms with E-state index in [0.29, 0.717) is 18.4 Å². The van der Waals surface area contributed by atoms with Crippen LogP contribution in [-0.2, 0) is 6.61 Å². The van der Waals surface area contributed by atoms with Crippen molar-refractivity contribution in [1.82, 2.24) is 29.9 Å². The predicted molar refractivity (Wildman–Crippen MR) is 128 cm³/mol. The highest BCUT2D eigenvalue weighted by molar-refractivity contribution is 5.89. The van der Waals surface area contributed by atoms with Gasteiger partial charge in [-0.3, -0.25) is 4.85 Å². The Morgan fingerprint density at radius 3 is 2.85 bits per heavy atom. The van der Waals surface area contributed by atoms with Crippen LogP contribution in [0.15, 0.2) is 30.7 Å². The maximum atomic E-state index is 9.86. The molecule has 0 radical (unpaired) electrons. The third-order valence-electron chi connectivity index (χ3n) is 6.43. The molecule has 0 spiro atoms. The number of H-pyrrole nitrogens is 1. The maximum Gasteiger partial charge on any atom is 0.268 e. The van der Waals surface area contributed by atoms with Crippen molar-refractivity contribution in [3.05, 3.63) is 53.3 Å². The molecule has 4 aromatic rings. The highest BCUT2D eigenvalue weighted by atomic mass is 16.3. The Bertz CT molecular complexity index is 1320. The van der Waals surface area contributed by atoms with Crippen LogP contribution < -0.4 is 10.2 Å². The van der Waals surface area contributed by atoms with Crippen molar-refractivity contribution in [2.24, 2.45) is 0 Å². The summed E-state index contributed by atoms with van der Waals surface area (Å²) >= 11 is 0. The molecule has 1 saturated heterocycles. The Labute approximate surface area is 192 Å². The molecule has 0 saturated carbocycles. The van der Waals surface area contributed by atoms with Gasteiger partial charge in [0.15, 0.2) is 5.65 Å². The molecule has 0 aromatic carbocycles. The van der Waals surface area contributed by atoms with Gasteiger partial charge in [-0.1, -0.05) is 13.8 Å². The molecule has 5 rings (SSSR count). The van der Waals surface area contributed by atoms with Crippen molar-refractivity contribution in [2.75, 3.05) is 24.7 Å². The van der Waals surface area contributed by atoms with Crippen LogP contribution >= 0.6 is 0 Å². The second-order valence-corrected chi connectivity index (χ2v) is 8.86. The second-order valence-electron chi connectivity index (χ2n) is 8.86. The van der Waals surface area contributed by atoms with Crippen LogP contribution in [0.5, 0.6) is 0 Å². The predicted octanol–water partition coefficient (Wildman–Crippen LogP) is 3.32. The minimum Gasteiger partial charge on any atom is -0.392 e. The fraction of sp³-hybridized carbons (Fsp3) is 0.417. The molecule has 1 fully saturated rings. The van der Waals surface area contributed by atoms with Crippen LogP contribution in [0.4, 0.5) is 5.82 Å². The molecule has 33 heavy (non-hydrogen) atoms. The average Bonchev–Trinajstić information content (AvgIpc) is 3.46. The van der Waals surface area contributed by atoms with Crippen LogP contribution in [0.1, 0.15) is 43.7 Å². The first-order chi connectivity index (χ1) is 16.1. The number of hydrogen-bond acceptors (Lipinski definition) is 6. The van der Waals surface area contributed by atoms with Crippen LogP contribution in [0, 0.1) is 6.57 Å². The third-order valence-corrected chi connectivity index (χ3v) is 6.43. The molecule has 170 valence electrons. The van der Waals surface area contributed by atoms with Gasteiger partial charge < -0.3 is 15.0 Å². The number of piperidine rings is 1. The molecule has 0 amide bonds. The number of aliphatic hydroxyl groups excluding tert-OH is 1. The molecule has 1 aliphatic rings. The second kappa shape index (κ2) is 8.81. The summed E-state index contributed by atoms with van der Waals surface area (Å²) in [4.78, 5) is 18.6. The first-order valence-corrected chi connectivity index (χ1v) is 11.4. The maximum absolute atomic E-state index is 9.86. The number of nitrogens with one attached hydrogen (secondary N) is 2. The zero-order chi connectivity index (χ0) is 22.9. The summed E-state index contributed by atoms with van der Waals surface area (Å²) in [6, 6.07) is 6.57. The van der Waals surface area contributed by atoms with Crippen LogP contribution in [0.25, 0.3) is 32.8 Å². The Balaban J connectivity index is 1.52. The van der Waals surface area contributed by atoms with Crippen LogP contribution in [0.2, 0.25) is 0 Å². The van der Waals surface area contributed by atoms with Crippen molar-refractivity contribution in [3.8, 4) is 11.3 Å². The van der Waals surface area contributed by atoms with Gasteiger partial charge in [-0.05, 0) is 37.0 Å². The van der Waals surface area contributed by atoms with Crippen molar-refractivity contribution >= 4 is 22.5 Å². The van der Waals surface area contributed by atoms with E-state index in [0.717, 1.165) is 65.2 Å². The van der Waals surface area contributed by atoms with Gasteiger partial charge in [0.2, 0.25) is 0 Å². The number of aromatic nitrogens is 5. The minimum absolute atomic E-state index is 0.101. The smallest absolute Gasteiger partial charge is 0.268 e. The molecule has 1 aliphatic heterocycles. The third kappa shape index (κ3) is 3.92. The number of rotatable bonds is 6. The summed E-state index contributed by atoms with van der Waals surface area (Å²) in [7, 11) is 0. The molecule has 3 N–H and O–H groups in total. The standard InChI is InChI=1S/C24H28N8O/c1-15(2)21-22(16-10-17(12-33)24-27-14-28-32(24)11-16)29-19-4-5-20(30-23(19)21)31-8-6-18(7-9-31)26-13-25-3/h4-5,10-11,14-15,18,26,29,33H,6-9,12-13H2,1-2H3. The molecule has 9 nitrogen and oxygen atoms in total. The quantitative estimate of drug-likeness (QED) is 0.395. The summed E-state index contributed by atoms with van der Waals surface area (Å²) in [6.45, 7) is 13.4. The number of anilines is 1. The number of fused-ring (bicyclic) bond motifs is 2. The Morgan fingerprint density at radius 1 is 1.30 bits per heavy atom. The van der Waals surface area contributed by atoms with E-state index in [4.69, 9.17) is 11.6 Å². The SMILES string of the molecule is [C-]#[N+]CNC1CCN(c2ccc3[nH]c(-c4cc(CO)c5ncnn5c4)c(C(C)C)c3n2)CC1. The molecule has 9 heteroatoms. The zero-order valence-electron chi connectivity index (χ0n) is 18.9. The van der Waals surface area contributed by atoms with Gasteiger partial charge in [0, 0.05) is 42.0 Å². The molecule has 4 aromatic heterocycles. The summed E-state index contributed by atoms with van der Waals surface area (Å²) < 4.78 is 1.71. The Morgan fingerprint density at radius 2 is 2.12 bits per heavy atom. The van der Waals surface area contributed by atoms with Crippen molar-refractivity contribution < 1.29 is 5.11 Å². The minimum atomic E-state index is -0.101. The number of aliphatic hydroxyl groups is 1. The van der Waals surface area contributed by atoms with Crippen LogP contribution in [0.3, 0.4) is 0 Å². The first-order valence-electron chi connectivity index (χ1n) is 11.4. The van der Waals surface area contributed by atoms with E-state index in [2.05, 4.69) is 56.1 Å². The van der Waals surface area contributed by atoms with E-state index in [1.54, 1.807) is 4.52 Å². The monoisotopic (exact) mass is 444 g/mol. The topological polar surface area (TPSA) is 98.7 Å². The largest absolute Gasteiger partial charge is 0.392 e. The molecule has 0 atom stereocenters. The summed E-state index contributed by atoms with van der Waals surface area (Å²) in [5, 5.41) is 17.4. The molecule has 5 heterocycles. The molecule has 0 aliphatic carbocycles. The number of hydrogen-bond donors (Lipinski definition) is 3. The lowest BCUT2D eigenvalue weighted by Crippen LogP contribution is -2.42. The normalized spacial score (nSPS) is 15.1. The van der Waals surface area contributed by atoms with Crippen LogP contribution in [-0.4, -0.2) is 55.5 Å². The fourth-order valence-corrected chi connectivity index (χ4v) is 4.78. The van der Waals surface area contributed by atoms with Gasteiger partial charge in [-0.25, -0.2) is 26.4 Å². The van der Waals surface area contributed by atoms with E-state index < -0.39 is 0 Å². The number of pyridine rings is 2. The molecule has 0 bridgehead atoms. The summed E-state index contributed by atoms with van der Waals surface area (Å²) in [6.07, 6.45) is 5.46. The zero-order valence-corrected chi connectivity index (χ0v) is 18.9. The van der Waals surface area contributed by atoms with Gasteiger partial charge in [0.25, 0.3) is 6.67 Å². The lowest BCUT2D eigenvalue weighted by atomic mass is 9.98. The van der Waals surface area contributed by atoms with Gasteiger partial charge in [0.05, 0.1) is 23.3 Å². The summed E-state index contributed by atoms with van der Waals surface area (Å²) in [5.41, 5.74) is 6.49. The number of nitrogens with zero attached hydrogens (tertiary/aromatic N) is 6. The average molecular weight is 445 g/mol. The van der Waals surface area contributed by atoms with Gasteiger partial charge in [-0.15, -0.1) is 0 Å². The molecular weight excluding hydrogens is 416 g/mol. The first kappa shape index (κ1) is 21.4. The van der Waals surface area contributed by atoms with Crippen molar-refractivity contribution in [1.29, 1.82) is 0 Å². The van der Waals surface area contributed by atoms with Crippen molar-refractivity contribution in [2.45, 2.75) is 45.3 Å². The molecule has 0 unspecified atom stereocenters. The highest BCUT2D eigenvalue weighted by Gasteiger charge is 2.23. The Hall–Kier alpha value is -3.48. The lowest BCUT2D eigenvalue weighted by Gasteiger charge is -2.32. The van der Waals surface area contributed by atoms with Gasteiger partial charge in [0.1, 0.15) is 12.1 Å². The van der Waals surface area contributed by atoms with Gasteiger partial charge >= 0.3 is 0 Å². The number of aromatic amines is 1. The fourth-order valence-electron chi connectivity index (χ4n) is 4.78. The lowest BCUT2D eigenvalue weighted by molar-refractivity contribution is 0.282. The summed E-state index contributed by atoms with van der Waals surface area (Å²) in [5.74, 6) is 1.24.